The first-order chi connectivity index (χ1) is 10.3. The monoisotopic (exact) mass is 325 g/mol. The summed E-state index contributed by atoms with van der Waals surface area (Å²) in [6.07, 6.45) is 1.84. The van der Waals surface area contributed by atoms with Crippen molar-refractivity contribution in [3.05, 3.63) is 29.8 Å². The highest BCUT2D eigenvalue weighted by atomic mass is 32.2. The number of primary sulfonamides is 1. The molecule has 3 N–H and O–H groups in total. The maximum absolute atomic E-state index is 12.4. The van der Waals surface area contributed by atoms with Gasteiger partial charge in [-0.15, -0.1) is 0 Å². The summed E-state index contributed by atoms with van der Waals surface area (Å²) >= 11 is 0. The fourth-order valence-electron chi connectivity index (χ4n) is 2.92. The number of sulfonamides is 1. The molecule has 1 aliphatic rings. The van der Waals surface area contributed by atoms with Crippen LogP contribution in [0.15, 0.2) is 29.2 Å². The zero-order chi connectivity index (χ0) is 16.3. The van der Waals surface area contributed by atoms with Crippen molar-refractivity contribution in [1.82, 2.24) is 10.2 Å². The Balaban J connectivity index is 2.06. The van der Waals surface area contributed by atoms with Crippen LogP contribution in [0.25, 0.3) is 0 Å². The molecule has 0 bridgehead atoms. The van der Waals surface area contributed by atoms with Crippen molar-refractivity contribution < 1.29 is 13.2 Å². The third-order valence-corrected chi connectivity index (χ3v) is 5.00. The molecule has 1 aromatic carbocycles. The summed E-state index contributed by atoms with van der Waals surface area (Å²) in [6, 6.07) is 6.63. The normalized spacial score (nSPS) is 19.5. The van der Waals surface area contributed by atoms with Crippen LogP contribution in [0.3, 0.4) is 0 Å². The van der Waals surface area contributed by atoms with E-state index in [-0.39, 0.29) is 23.4 Å². The minimum atomic E-state index is -3.79. The topological polar surface area (TPSA) is 92.5 Å². The highest BCUT2D eigenvalue weighted by molar-refractivity contribution is 7.89. The van der Waals surface area contributed by atoms with Crippen molar-refractivity contribution in [2.45, 2.75) is 50.2 Å². The standard InChI is InChI=1S/C15H23N3O3S/c1-11(2)18-9-5-7-13(18)15(19)17-10-12-6-3-4-8-14(12)22(16,20)21/h3-4,6,8,11,13H,5,7,9-10H2,1-2H3,(H,17,19)(H2,16,20,21). The SMILES string of the molecule is CC(C)N1CCCC1C(=O)NCc1ccccc1S(N)(=O)=O. The molecule has 0 aliphatic carbocycles. The molecule has 0 spiro atoms. The van der Waals surface area contributed by atoms with E-state index < -0.39 is 10.0 Å². The van der Waals surface area contributed by atoms with E-state index in [1.54, 1.807) is 18.2 Å². The molecule has 7 heteroatoms. The molecule has 1 aliphatic heterocycles. The van der Waals surface area contributed by atoms with Crippen LogP contribution in [0.4, 0.5) is 0 Å². The fourth-order valence-corrected chi connectivity index (χ4v) is 3.69. The average molecular weight is 325 g/mol. The third kappa shape index (κ3) is 3.85. The number of hydrogen-bond donors (Lipinski definition) is 2. The van der Waals surface area contributed by atoms with Gasteiger partial charge in [0.1, 0.15) is 0 Å². The van der Waals surface area contributed by atoms with Crippen LogP contribution in [0.5, 0.6) is 0 Å². The highest BCUT2D eigenvalue weighted by Gasteiger charge is 2.32. The predicted octanol–water partition coefficient (Wildman–Crippen LogP) is 0.823. The Labute approximate surface area is 131 Å². The van der Waals surface area contributed by atoms with Gasteiger partial charge in [0.2, 0.25) is 15.9 Å². The zero-order valence-electron chi connectivity index (χ0n) is 13.0. The summed E-state index contributed by atoms with van der Waals surface area (Å²) in [5.74, 6) is -0.0598. The summed E-state index contributed by atoms with van der Waals surface area (Å²) in [6.45, 7) is 5.22. The number of nitrogens with two attached hydrogens (primary N) is 1. The second kappa shape index (κ2) is 6.76. The van der Waals surface area contributed by atoms with Gasteiger partial charge >= 0.3 is 0 Å². The van der Waals surface area contributed by atoms with Gasteiger partial charge in [-0.25, -0.2) is 13.6 Å². The van der Waals surface area contributed by atoms with Crippen molar-refractivity contribution in [3.63, 3.8) is 0 Å². The molecule has 0 aromatic heterocycles. The molecule has 22 heavy (non-hydrogen) atoms. The van der Waals surface area contributed by atoms with E-state index in [0.717, 1.165) is 19.4 Å². The van der Waals surface area contributed by atoms with Gasteiger partial charge in [-0.05, 0) is 44.9 Å². The number of amides is 1. The zero-order valence-corrected chi connectivity index (χ0v) is 13.8. The van der Waals surface area contributed by atoms with Gasteiger partial charge in [0, 0.05) is 12.6 Å². The van der Waals surface area contributed by atoms with Gasteiger partial charge in [-0.2, -0.15) is 0 Å². The minimum Gasteiger partial charge on any atom is -0.351 e. The van der Waals surface area contributed by atoms with E-state index in [1.165, 1.54) is 6.07 Å². The molecular formula is C15H23N3O3S. The number of carbonyl (C=O) groups is 1. The number of benzene rings is 1. The molecule has 0 radical (unpaired) electrons. The summed E-state index contributed by atoms with van der Waals surface area (Å²) < 4.78 is 23.1. The molecule has 1 heterocycles. The molecular weight excluding hydrogens is 302 g/mol. The molecule has 0 saturated carbocycles. The summed E-state index contributed by atoms with van der Waals surface area (Å²) in [5, 5.41) is 8.04. The van der Waals surface area contributed by atoms with E-state index in [0.29, 0.717) is 11.6 Å². The van der Waals surface area contributed by atoms with Crippen LogP contribution in [-0.4, -0.2) is 37.9 Å². The molecule has 6 nitrogen and oxygen atoms in total. The smallest absolute Gasteiger partial charge is 0.238 e. The van der Waals surface area contributed by atoms with Crippen molar-refractivity contribution >= 4 is 15.9 Å². The Bertz CT molecular complexity index is 643. The van der Waals surface area contributed by atoms with Gasteiger partial charge in [0.05, 0.1) is 10.9 Å². The van der Waals surface area contributed by atoms with E-state index in [2.05, 4.69) is 24.1 Å². The van der Waals surface area contributed by atoms with Gasteiger partial charge in [-0.1, -0.05) is 18.2 Å². The molecule has 1 saturated heterocycles. The first-order valence-electron chi connectivity index (χ1n) is 7.45. The first kappa shape index (κ1) is 16.9. The molecule has 122 valence electrons. The number of nitrogens with one attached hydrogen (secondary N) is 1. The molecule has 1 aromatic rings. The Morgan fingerprint density at radius 2 is 2.09 bits per heavy atom. The number of likely N-dealkylation sites (tertiary alicyclic amines) is 1. The Hall–Kier alpha value is -1.44. The third-order valence-electron chi connectivity index (χ3n) is 3.99. The molecule has 2 rings (SSSR count). The second-order valence-electron chi connectivity index (χ2n) is 5.86. The summed E-state index contributed by atoms with van der Waals surface area (Å²) in [7, 11) is -3.79. The number of carbonyl (C=O) groups excluding carboxylic acids is 1. The lowest BCUT2D eigenvalue weighted by atomic mass is 10.1. The molecule has 1 atom stereocenters. The van der Waals surface area contributed by atoms with Gasteiger partial charge in [-0.3, -0.25) is 9.69 Å². The van der Waals surface area contributed by atoms with Crippen LogP contribution < -0.4 is 10.5 Å². The van der Waals surface area contributed by atoms with E-state index in [4.69, 9.17) is 5.14 Å². The van der Waals surface area contributed by atoms with Crippen molar-refractivity contribution in [2.75, 3.05) is 6.54 Å². The molecule has 1 fully saturated rings. The predicted molar refractivity (Wildman–Crippen MR) is 84.5 cm³/mol. The number of rotatable bonds is 5. The Morgan fingerprint density at radius 1 is 1.41 bits per heavy atom. The van der Waals surface area contributed by atoms with Crippen LogP contribution in [0.1, 0.15) is 32.3 Å². The lowest BCUT2D eigenvalue weighted by molar-refractivity contribution is -0.126. The van der Waals surface area contributed by atoms with Crippen LogP contribution in [0, 0.1) is 0 Å². The minimum absolute atomic E-state index is 0.0578. The largest absolute Gasteiger partial charge is 0.351 e. The van der Waals surface area contributed by atoms with Gasteiger partial charge < -0.3 is 5.32 Å². The van der Waals surface area contributed by atoms with Crippen molar-refractivity contribution in [1.29, 1.82) is 0 Å². The quantitative estimate of drug-likeness (QED) is 0.838. The van der Waals surface area contributed by atoms with Crippen LogP contribution in [-0.2, 0) is 21.4 Å². The summed E-state index contributed by atoms with van der Waals surface area (Å²) in [4.78, 5) is 14.6. The summed E-state index contributed by atoms with van der Waals surface area (Å²) in [5.41, 5.74) is 0.507. The molecule has 1 unspecified atom stereocenters. The first-order valence-corrected chi connectivity index (χ1v) is 8.99. The van der Waals surface area contributed by atoms with E-state index in [9.17, 15) is 13.2 Å². The molecule has 1 amide bonds. The van der Waals surface area contributed by atoms with E-state index in [1.807, 2.05) is 0 Å². The Morgan fingerprint density at radius 3 is 2.73 bits per heavy atom. The Kier molecular flexibility index (Phi) is 5.20. The van der Waals surface area contributed by atoms with E-state index >= 15 is 0 Å². The lowest BCUT2D eigenvalue weighted by Crippen LogP contribution is -2.45. The van der Waals surface area contributed by atoms with Crippen molar-refractivity contribution in [2.24, 2.45) is 5.14 Å². The lowest BCUT2D eigenvalue weighted by Gasteiger charge is -2.27. The van der Waals surface area contributed by atoms with Crippen molar-refractivity contribution in [3.8, 4) is 0 Å². The maximum Gasteiger partial charge on any atom is 0.238 e. The number of nitrogens with zero attached hydrogens (tertiary/aromatic N) is 1. The van der Waals surface area contributed by atoms with Crippen LogP contribution in [0.2, 0.25) is 0 Å². The highest BCUT2D eigenvalue weighted by Crippen LogP contribution is 2.20. The fraction of sp³-hybridized carbons (Fsp3) is 0.533. The van der Waals surface area contributed by atoms with Crippen LogP contribution >= 0.6 is 0 Å². The second-order valence-corrected chi connectivity index (χ2v) is 7.39. The maximum atomic E-state index is 12.4. The van der Waals surface area contributed by atoms with Gasteiger partial charge in [0.15, 0.2) is 0 Å². The van der Waals surface area contributed by atoms with Gasteiger partial charge in [0.25, 0.3) is 0 Å². The number of hydrogen-bond acceptors (Lipinski definition) is 4. The average Bonchev–Trinajstić information content (AvgIpc) is 2.93.